The average molecular weight is 454 g/mol. The van der Waals surface area contributed by atoms with Crippen LogP contribution in [0.1, 0.15) is 45.4 Å². The number of aliphatic imine (C=N–C) groups is 1. The topological polar surface area (TPSA) is 69.1 Å². The van der Waals surface area contributed by atoms with Gasteiger partial charge in [0, 0.05) is 31.3 Å². The van der Waals surface area contributed by atoms with Gasteiger partial charge < -0.3 is 25.4 Å². The van der Waals surface area contributed by atoms with E-state index in [9.17, 15) is 5.11 Å². The van der Waals surface area contributed by atoms with Crippen LogP contribution < -0.4 is 10.6 Å². The van der Waals surface area contributed by atoms with Crippen LogP contribution in [0.2, 0.25) is 0 Å². The Hall–Kier alpha value is -0.120. The fraction of sp³-hybridized carbons (Fsp3) is 0.941. The normalized spacial score (nSPS) is 27.5. The summed E-state index contributed by atoms with van der Waals surface area (Å²) in [5.41, 5.74) is 0.101. The predicted octanol–water partition coefficient (Wildman–Crippen LogP) is 1.57. The van der Waals surface area contributed by atoms with Crippen LogP contribution in [0.4, 0.5) is 0 Å². The first-order valence-electron chi connectivity index (χ1n) is 9.04. The number of likely N-dealkylation sites (N-methyl/N-ethyl adjacent to an activating group) is 1. The molecule has 0 spiro atoms. The highest BCUT2D eigenvalue weighted by Gasteiger charge is 2.34. The molecule has 24 heavy (non-hydrogen) atoms. The Labute approximate surface area is 163 Å². The van der Waals surface area contributed by atoms with E-state index < -0.39 is 0 Å². The lowest BCUT2D eigenvalue weighted by Crippen LogP contribution is -2.52. The summed E-state index contributed by atoms with van der Waals surface area (Å²) in [5, 5.41) is 16.6. The maximum Gasteiger partial charge on any atom is 0.191 e. The molecule has 7 heteroatoms. The van der Waals surface area contributed by atoms with E-state index in [1.165, 1.54) is 0 Å². The number of halogens is 1. The number of hydrogen-bond acceptors (Lipinski definition) is 4. The van der Waals surface area contributed by atoms with Gasteiger partial charge in [-0.15, -0.1) is 24.0 Å². The van der Waals surface area contributed by atoms with Crippen molar-refractivity contribution in [1.82, 2.24) is 15.5 Å². The van der Waals surface area contributed by atoms with Gasteiger partial charge in [-0.05, 0) is 59.5 Å². The van der Waals surface area contributed by atoms with Crippen molar-refractivity contribution in [1.29, 1.82) is 0 Å². The lowest BCUT2D eigenvalue weighted by molar-refractivity contribution is -0.00256. The van der Waals surface area contributed by atoms with Gasteiger partial charge in [0.15, 0.2) is 5.96 Å². The standard InChI is InChI=1S/C17H34N4O2.HI/c1-4-18-16(20-14-5-7-15(22)8-6-14)19-13-17(21(2)3)9-11-23-12-10-17;/h14-15,22H,4-13H2,1-3H3,(H2,18,19,20);1H. The number of aliphatic hydroxyl groups excluding tert-OH is 1. The molecule has 0 atom stereocenters. The number of nitrogens with zero attached hydrogens (tertiary/aromatic N) is 2. The minimum absolute atomic E-state index is 0. The molecule has 1 aliphatic heterocycles. The summed E-state index contributed by atoms with van der Waals surface area (Å²) in [5.74, 6) is 0.904. The van der Waals surface area contributed by atoms with Crippen LogP contribution in [0, 0.1) is 0 Å². The summed E-state index contributed by atoms with van der Waals surface area (Å²) in [7, 11) is 4.29. The highest BCUT2D eigenvalue weighted by molar-refractivity contribution is 14.0. The van der Waals surface area contributed by atoms with Crippen molar-refractivity contribution >= 4 is 29.9 Å². The zero-order valence-corrected chi connectivity index (χ0v) is 17.7. The van der Waals surface area contributed by atoms with E-state index in [1.807, 2.05) is 0 Å². The molecule has 3 N–H and O–H groups in total. The van der Waals surface area contributed by atoms with E-state index in [0.717, 1.165) is 70.8 Å². The third kappa shape index (κ3) is 6.31. The lowest BCUT2D eigenvalue weighted by Gasteiger charge is -2.41. The number of aliphatic hydroxyl groups is 1. The molecular weight excluding hydrogens is 419 g/mol. The van der Waals surface area contributed by atoms with E-state index in [2.05, 4.69) is 36.6 Å². The first-order chi connectivity index (χ1) is 11.1. The Morgan fingerprint density at radius 3 is 2.38 bits per heavy atom. The number of nitrogens with one attached hydrogen (secondary N) is 2. The van der Waals surface area contributed by atoms with E-state index >= 15 is 0 Å². The van der Waals surface area contributed by atoms with Gasteiger partial charge in [-0.2, -0.15) is 0 Å². The highest BCUT2D eigenvalue weighted by atomic mass is 127. The van der Waals surface area contributed by atoms with Crippen molar-refractivity contribution in [2.45, 2.75) is 63.1 Å². The molecule has 0 unspecified atom stereocenters. The van der Waals surface area contributed by atoms with Crippen molar-refractivity contribution in [3.63, 3.8) is 0 Å². The van der Waals surface area contributed by atoms with Gasteiger partial charge in [0.05, 0.1) is 12.6 Å². The van der Waals surface area contributed by atoms with Crippen LogP contribution >= 0.6 is 24.0 Å². The maximum atomic E-state index is 9.64. The van der Waals surface area contributed by atoms with Gasteiger partial charge in [-0.25, -0.2) is 0 Å². The number of guanidine groups is 1. The van der Waals surface area contributed by atoms with Gasteiger partial charge in [-0.1, -0.05) is 0 Å². The van der Waals surface area contributed by atoms with Crippen molar-refractivity contribution < 1.29 is 9.84 Å². The summed E-state index contributed by atoms with van der Waals surface area (Å²) >= 11 is 0. The van der Waals surface area contributed by atoms with E-state index in [4.69, 9.17) is 9.73 Å². The predicted molar refractivity (Wildman–Crippen MR) is 109 cm³/mol. The summed E-state index contributed by atoms with van der Waals surface area (Å²) in [4.78, 5) is 7.18. The molecule has 1 heterocycles. The first kappa shape index (κ1) is 21.9. The van der Waals surface area contributed by atoms with Gasteiger partial charge in [0.25, 0.3) is 0 Å². The van der Waals surface area contributed by atoms with Crippen LogP contribution in [-0.4, -0.2) is 74.0 Å². The number of rotatable bonds is 5. The van der Waals surface area contributed by atoms with Gasteiger partial charge in [0.1, 0.15) is 0 Å². The number of hydrogen-bond donors (Lipinski definition) is 3. The highest BCUT2D eigenvalue weighted by Crippen LogP contribution is 2.26. The molecule has 0 aromatic rings. The Morgan fingerprint density at radius 2 is 1.83 bits per heavy atom. The maximum absolute atomic E-state index is 9.64. The second-order valence-electron chi connectivity index (χ2n) is 7.08. The fourth-order valence-corrected chi connectivity index (χ4v) is 3.46. The van der Waals surface area contributed by atoms with Crippen LogP contribution in [0.25, 0.3) is 0 Å². The Kier molecular flexibility index (Phi) is 9.84. The van der Waals surface area contributed by atoms with Crippen molar-refractivity contribution in [3.05, 3.63) is 0 Å². The molecule has 2 fully saturated rings. The van der Waals surface area contributed by atoms with Crippen molar-refractivity contribution in [2.75, 3.05) is 40.4 Å². The molecule has 2 aliphatic rings. The Bertz CT molecular complexity index is 379. The Morgan fingerprint density at radius 1 is 1.21 bits per heavy atom. The van der Waals surface area contributed by atoms with Crippen LogP contribution in [0.15, 0.2) is 4.99 Å². The average Bonchev–Trinajstić information content (AvgIpc) is 2.55. The van der Waals surface area contributed by atoms with E-state index in [-0.39, 0.29) is 35.6 Å². The summed E-state index contributed by atoms with van der Waals surface area (Å²) < 4.78 is 5.53. The molecule has 1 aliphatic carbocycles. The van der Waals surface area contributed by atoms with Crippen molar-refractivity contribution in [2.24, 2.45) is 4.99 Å². The molecule has 6 nitrogen and oxygen atoms in total. The van der Waals surface area contributed by atoms with Gasteiger partial charge in [-0.3, -0.25) is 4.99 Å². The second kappa shape index (κ2) is 10.8. The molecule has 0 aromatic carbocycles. The van der Waals surface area contributed by atoms with Gasteiger partial charge >= 0.3 is 0 Å². The molecule has 0 aromatic heterocycles. The molecule has 1 saturated carbocycles. The van der Waals surface area contributed by atoms with Gasteiger partial charge in [0.2, 0.25) is 0 Å². The van der Waals surface area contributed by atoms with Crippen LogP contribution in [0.5, 0.6) is 0 Å². The molecule has 0 amide bonds. The summed E-state index contributed by atoms with van der Waals surface area (Å²) in [6.07, 6.45) is 5.73. The Balaban J connectivity index is 0.00000288. The summed E-state index contributed by atoms with van der Waals surface area (Å²) in [6.45, 7) is 5.38. The molecule has 2 rings (SSSR count). The molecule has 142 valence electrons. The fourth-order valence-electron chi connectivity index (χ4n) is 3.46. The summed E-state index contributed by atoms with van der Waals surface area (Å²) in [6, 6.07) is 0.418. The SMILES string of the molecule is CCNC(=NCC1(N(C)C)CCOCC1)NC1CCC(O)CC1.I. The molecule has 0 bridgehead atoms. The quantitative estimate of drug-likeness (QED) is 0.335. The first-order valence-corrected chi connectivity index (χ1v) is 9.04. The van der Waals surface area contributed by atoms with Crippen LogP contribution in [-0.2, 0) is 4.74 Å². The molecule has 0 radical (unpaired) electrons. The van der Waals surface area contributed by atoms with Crippen molar-refractivity contribution in [3.8, 4) is 0 Å². The zero-order chi connectivity index (χ0) is 16.7. The number of ether oxygens (including phenoxy) is 1. The second-order valence-corrected chi connectivity index (χ2v) is 7.08. The minimum atomic E-state index is -0.119. The monoisotopic (exact) mass is 454 g/mol. The molecular formula is C17H35IN4O2. The lowest BCUT2D eigenvalue weighted by atomic mass is 9.89. The van der Waals surface area contributed by atoms with E-state index in [0.29, 0.717) is 6.04 Å². The largest absolute Gasteiger partial charge is 0.393 e. The molecule has 1 saturated heterocycles. The third-order valence-corrected chi connectivity index (χ3v) is 5.29. The smallest absolute Gasteiger partial charge is 0.191 e. The third-order valence-electron chi connectivity index (χ3n) is 5.29. The zero-order valence-electron chi connectivity index (χ0n) is 15.4. The minimum Gasteiger partial charge on any atom is -0.393 e. The van der Waals surface area contributed by atoms with Crippen LogP contribution in [0.3, 0.4) is 0 Å². The van der Waals surface area contributed by atoms with E-state index in [1.54, 1.807) is 0 Å².